The zero-order valence-corrected chi connectivity index (χ0v) is 11.7. The highest BCUT2D eigenvalue weighted by atomic mass is 14.4. The Kier molecular flexibility index (Phi) is 3.30. The van der Waals surface area contributed by atoms with E-state index in [1.165, 1.54) is 34.3 Å². The number of hydrogen-bond donors (Lipinski definition) is 0. The van der Waals surface area contributed by atoms with E-state index in [1.807, 2.05) is 12.2 Å². The van der Waals surface area contributed by atoms with Crippen LogP contribution in [0.2, 0.25) is 0 Å². The Morgan fingerprint density at radius 2 is 1.89 bits per heavy atom. The first-order valence-electron chi connectivity index (χ1n) is 6.69. The van der Waals surface area contributed by atoms with Crippen molar-refractivity contribution < 1.29 is 0 Å². The fourth-order valence-corrected chi connectivity index (χ4v) is 3.00. The summed E-state index contributed by atoms with van der Waals surface area (Å²) in [6, 6.07) is 6.85. The molecule has 0 fully saturated rings. The SMILES string of the molecule is C=CC1=C(C=C)C(C)(C)c2cc(CCC)ccc21. The average molecular weight is 238 g/mol. The second-order valence-corrected chi connectivity index (χ2v) is 5.49. The molecule has 94 valence electrons. The van der Waals surface area contributed by atoms with Gasteiger partial charge in [0.1, 0.15) is 0 Å². The molecule has 1 aromatic carbocycles. The molecule has 0 saturated carbocycles. The van der Waals surface area contributed by atoms with Crippen LogP contribution >= 0.6 is 0 Å². The van der Waals surface area contributed by atoms with Crippen molar-refractivity contribution >= 4 is 5.57 Å². The van der Waals surface area contributed by atoms with Gasteiger partial charge in [-0.2, -0.15) is 0 Å². The third kappa shape index (κ3) is 1.77. The van der Waals surface area contributed by atoms with Gasteiger partial charge in [0, 0.05) is 5.41 Å². The Labute approximate surface area is 111 Å². The highest BCUT2D eigenvalue weighted by molar-refractivity contribution is 5.87. The molecule has 1 aliphatic rings. The summed E-state index contributed by atoms with van der Waals surface area (Å²) in [7, 11) is 0. The second kappa shape index (κ2) is 4.61. The van der Waals surface area contributed by atoms with E-state index in [-0.39, 0.29) is 5.41 Å². The van der Waals surface area contributed by atoms with Crippen molar-refractivity contribution in [2.75, 3.05) is 0 Å². The molecule has 0 aromatic heterocycles. The van der Waals surface area contributed by atoms with Crippen LogP contribution in [0, 0.1) is 0 Å². The molecular weight excluding hydrogens is 216 g/mol. The van der Waals surface area contributed by atoms with Crippen LogP contribution in [0.4, 0.5) is 0 Å². The Bertz CT molecular complexity index is 527. The van der Waals surface area contributed by atoms with Crippen molar-refractivity contribution in [1.82, 2.24) is 0 Å². The monoisotopic (exact) mass is 238 g/mol. The predicted molar refractivity (Wildman–Crippen MR) is 80.8 cm³/mol. The maximum atomic E-state index is 3.97. The smallest absolute Gasteiger partial charge is 0.0158 e. The standard InChI is InChI=1S/C18H22/c1-6-9-13-10-11-15-14(7-2)16(8-3)18(4,5)17(15)12-13/h7-8,10-12H,2-3,6,9H2,1,4-5H3. The van der Waals surface area contributed by atoms with Crippen LogP contribution in [-0.2, 0) is 11.8 Å². The summed E-state index contributed by atoms with van der Waals surface area (Å²) in [6.07, 6.45) is 6.28. The third-order valence-electron chi connectivity index (χ3n) is 3.96. The van der Waals surface area contributed by atoms with Gasteiger partial charge < -0.3 is 0 Å². The highest BCUT2D eigenvalue weighted by Crippen LogP contribution is 2.47. The van der Waals surface area contributed by atoms with E-state index < -0.39 is 0 Å². The second-order valence-electron chi connectivity index (χ2n) is 5.49. The number of fused-ring (bicyclic) bond motifs is 1. The number of hydrogen-bond acceptors (Lipinski definition) is 0. The van der Waals surface area contributed by atoms with Crippen molar-refractivity contribution in [2.45, 2.75) is 39.0 Å². The maximum absolute atomic E-state index is 3.97. The van der Waals surface area contributed by atoms with Crippen molar-refractivity contribution in [2.24, 2.45) is 0 Å². The van der Waals surface area contributed by atoms with Crippen LogP contribution in [0.5, 0.6) is 0 Å². The molecule has 0 radical (unpaired) electrons. The van der Waals surface area contributed by atoms with Gasteiger partial charge in [-0.25, -0.2) is 0 Å². The lowest BCUT2D eigenvalue weighted by Gasteiger charge is -2.23. The van der Waals surface area contributed by atoms with E-state index in [0.717, 1.165) is 6.42 Å². The van der Waals surface area contributed by atoms with Gasteiger partial charge in [0.05, 0.1) is 0 Å². The van der Waals surface area contributed by atoms with Gasteiger partial charge in [0.15, 0.2) is 0 Å². The van der Waals surface area contributed by atoms with Crippen LogP contribution in [0.25, 0.3) is 5.57 Å². The van der Waals surface area contributed by atoms with Gasteiger partial charge in [-0.3, -0.25) is 0 Å². The molecule has 0 bridgehead atoms. The van der Waals surface area contributed by atoms with Crippen LogP contribution in [0.1, 0.15) is 43.9 Å². The molecule has 18 heavy (non-hydrogen) atoms. The van der Waals surface area contributed by atoms with Gasteiger partial charge in [-0.05, 0) is 34.3 Å². The lowest BCUT2D eigenvalue weighted by molar-refractivity contribution is 0.653. The number of allylic oxidation sites excluding steroid dienone is 4. The summed E-state index contributed by atoms with van der Waals surface area (Å²) < 4.78 is 0. The van der Waals surface area contributed by atoms with Gasteiger partial charge in [-0.15, -0.1) is 0 Å². The van der Waals surface area contributed by atoms with E-state index in [2.05, 4.69) is 52.1 Å². The highest BCUT2D eigenvalue weighted by Gasteiger charge is 2.35. The molecule has 0 atom stereocenters. The molecule has 0 amide bonds. The minimum absolute atomic E-state index is 0.0460. The quantitative estimate of drug-likeness (QED) is 0.688. The van der Waals surface area contributed by atoms with Crippen molar-refractivity contribution in [3.63, 3.8) is 0 Å². The van der Waals surface area contributed by atoms with Crippen LogP contribution in [-0.4, -0.2) is 0 Å². The molecule has 0 aliphatic heterocycles. The van der Waals surface area contributed by atoms with E-state index in [4.69, 9.17) is 0 Å². The molecule has 0 heterocycles. The minimum Gasteiger partial charge on any atom is -0.0987 e. The lowest BCUT2D eigenvalue weighted by Crippen LogP contribution is -2.16. The Morgan fingerprint density at radius 3 is 2.44 bits per heavy atom. The molecule has 0 spiro atoms. The summed E-state index contributed by atoms with van der Waals surface area (Å²) in [5.41, 5.74) is 6.75. The normalized spacial score (nSPS) is 16.6. The molecule has 0 heteroatoms. The van der Waals surface area contributed by atoms with Crippen LogP contribution in [0.3, 0.4) is 0 Å². The van der Waals surface area contributed by atoms with Gasteiger partial charge in [-0.1, -0.05) is 70.7 Å². The summed E-state index contributed by atoms with van der Waals surface area (Å²) in [5, 5.41) is 0. The lowest BCUT2D eigenvalue weighted by atomic mass is 9.80. The topological polar surface area (TPSA) is 0 Å². The largest absolute Gasteiger partial charge is 0.0987 e. The Balaban J connectivity index is 2.62. The molecule has 1 aromatic rings. The summed E-state index contributed by atoms with van der Waals surface area (Å²) >= 11 is 0. The van der Waals surface area contributed by atoms with Gasteiger partial charge >= 0.3 is 0 Å². The summed E-state index contributed by atoms with van der Waals surface area (Å²) in [4.78, 5) is 0. The summed E-state index contributed by atoms with van der Waals surface area (Å²) in [5.74, 6) is 0. The molecule has 1 aliphatic carbocycles. The first-order valence-corrected chi connectivity index (χ1v) is 6.69. The Morgan fingerprint density at radius 1 is 1.17 bits per heavy atom. The Hall–Kier alpha value is -1.56. The third-order valence-corrected chi connectivity index (χ3v) is 3.96. The number of benzene rings is 1. The van der Waals surface area contributed by atoms with Crippen molar-refractivity contribution in [1.29, 1.82) is 0 Å². The molecular formula is C18H22. The molecule has 2 rings (SSSR count). The number of aryl methyl sites for hydroxylation is 1. The number of rotatable bonds is 4. The van der Waals surface area contributed by atoms with E-state index in [0.29, 0.717) is 0 Å². The van der Waals surface area contributed by atoms with Crippen LogP contribution < -0.4 is 0 Å². The zero-order chi connectivity index (χ0) is 13.3. The predicted octanol–water partition coefficient (Wildman–Crippen LogP) is 5.06. The van der Waals surface area contributed by atoms with E-state index in [9.17, 15) is 0 Å². The first-order chi connectivity index (χ1) is 8.56. The van der Waals surface area contributed by atoms with Crippen LogP contribution in [0.15, 0.2) is 49.1 Å². The van der Waals surface area contributed by atoms with Gasteiger partial charge in [0.2, 0.25) is 0 Å². The summed E-state index contributed by atoms with van der Waals surface area (Å²) in [6.45, 7) is 14.7. The minimum atomic E-state index is 0.0460. The fourth-order valence-electron chi connectivity index (χ4n) is 3.00. The van der Waals surface area contributed by atoms with Crippen molar-refractivity contribution in [3.05, 3.63) is 65.8 Å². The molecule has 0 unspecified atom stereocenters. The molecule has 0 nitrogen and oxygen atoms in total. The maximum Gasteiger partial charge on any atom is 0.0158 e. The average Bonchev–Trinajstić information content (AvgIpc) is 2.57. The molecule has 0 saturated heterocycles. The first kappa shape index (κ1) is 12.9. The van der Waals surface area contributed by atoms with Crippen molar-refractivity contribution in [3.8, 4) is 0 Å². The zero-order valence-electron chi connectivity index (χ0n) is 11.7. The molecule has 0 N–H and O–H groups in total. The fraction of sp³-hybridized carbons (Fsp3) is 0.333. The van der Waals surface area contributed by atoms with Gasteiger partial charge in [0.25, 0.3) is 0 Å². The van der Waals surface area contributed by atoms with E-state index in [1.54, 1.807) is 0 Å². The van der Waals surface area contributed by atoms with E-state index >= 15 is 0 Å².